The van der Waals surface area contributed by atoms with E-state index in [4.69, 9.17) is 5.10 Å². The molecule has 0 spiro atoms. The predicted molar refractivity (Wildman–Crippen MR) is 272 cm³/mol. The van der Waals surface area contributed by atoms with E-state index in [1.54, 1.807) is 0 Å². The van der Waals surface area contributed by atoms with Crippen LogP contribution >= 0.6 is 0 Å². The Morgan fingerprint density at radius 1 is 0.385 bits per heavy atom. The minimum atomic E-state index is -0.162. The minimum Gasteiger partial charge on any atom is -0.309 e. The molecule has 1 aliphatic carbocycles. The maximum atomic E-state index is 5.53. The third-order valence-electron chi connectivity index (χ3n) is 13.4. The Labute approximate surface area is 380 Å². The van der Waals surface area contributed by atoms with E-state index in [1.165, 1.54) is 44.5 Å². The fourth-order valence-electron chi connectivity index (χ4n) is 10.3. The van der Waals surface area contributed by atoms with Crippen molar-refractivity contribution >= 4 is 33.4 Å². The average molecular weight is 832 g/mol. The fraction of sp³-hybridized carbons (Fsp3) is 0.0484. The Balaban J connectivity index is 1.13. The third-order valence-corrected chi connectivity index (χ3v) is 13.4. The first-order chi connectivity index (χ1) is 32.0. The van der Waals surface area contributed by atoms with Gasteiger partial charge in [-0.2, -0.15) is 5.10 Å². The van der Waals surface area contributed by atoms with E-state index < -0.39 is 0 Å². The SMILES string of the molecule is CC1(C)c2ccccc2-c2c(N(c3ccc(-c4ccc(-c5ccccc5)cc4)cc3)c3cccc4c3cc(-c3ccccc3)n3nc(-c5ccccc5)c(-c5ccccc5)c43)cccc21. The van der Waals surface area contributed by atoms with Crippen LogP contribution in [0.5, 0.6) is 0 Å². The van der Waals surface area contributed by atoms with E-state index in [0.29, 0.717) is 0 Å². The van der Waals surface area contributed by atoms with Crippen LogP contribution in [0.15, 0.2) is 237 Å². The number of rotatable bonds is 8. The molecule has 0 saturated heterocycles. The Kier molecular flexibility index (Phi) is 9.17. The highest BCUT2D eigenvalue weighted by Gasteiger charge is 2.38. The van der Waals surface area contributed by atoms with Gasteiger partial charge in [-0.25, -0.2) is 4.52 Å². The highest BCUT2D eigenvalue weighted by molar-refractivity contribution is 6.14. The van der Waals surface area contributed by atoms with Crippen molar-refractivity contribution < 1.29 is 0 Å². The Morgan fingerprint density at radius 3 is 1.52 bits per heavy atom. The molecule has 3 nitrogen and oxygen atoms in total. The Bertz CT molecular complexity index is 3520. The van der Waals surface area contributed by atoms with Gasteiger partial charge in [0.05, 0.1) is 22.6 Å². The van der Waals surface area contributed by atoms with Crippen molar-refractivity contribution in [1.29, 1.82) is 0 Å². The van der Waals surface area contributed by atoms with Gasteiger partial charge in [0, 0.05) is 44.1 Å². The molecule has 0 amide bonds. The zero-order valence-corrected chi connectivity index (χ0v) is 36.4. The second-order valence-electron chi connectivity index (χ2n) is 17.5. The van der Waals surface area contributed by atoms with Crippen molar-refractivity contribution in [2.75, 3.05) is 4.90 Å². The molecule has 0 unspecified atom stereocenters. The summed E-state index contributed by atoms with van der Waals surface area (Å²) in [5, 5.41) is 7.80. The predicted octanol–water partition coefficient (Wildman–Crippen LogP) is 16.6. The van der Waals surface area contributed by atoms with E-state index in [-0.39, 0.29) is 5.41 Å². The van der Waals surface area contributed by atoms with E-state index in [2.05, 4.69) is 260 Å². The second-order valence-corrected chi connectivity index (χ2v) is 17.5. The van der Waals surface area contributed by atoms with E-state index in [1.807, 2.05) is 0 Å². The van der Waals surface area contributed by atoms with Crippen LogP contribution in [0.1, 0.15) is 25.0 Å². The summed E-state index contributed by atoms with van der Waals surface area (Å²) in [5.41, 5.74) is 20.7. The molecule has 3 heteroatoms. The molecule has 1 aliphatic rings. The van der Waals surface area contributed by atoms with Crippen molar-refractivity contribution in [3.8, 4) is 67.0 Å². The smallest absolute Gasteiger partial charge is 0.101 e. The molecule has 11 aromatic rings. The lowest BCUT2D eigenvalue weighted by atomic mass is 9.82. The van der Waals surface area contributed by atoms with E-state index in [0.717, 1.165) is 67.0 Å². The van der Waals surface area contributed by atoms with E-state index in [9.17, 15) is 0 Å². The Morgan fingerprint density at radius 2 is 0.877 bits per heavy atom. The molecule has 0 N–H and O–H groups in total. The first-order valence-corrected chi connectivity index (χ1v) is 22.5. The monoisotopic (exact) mass is 831 g/mol. The van der Waals surface area contributed by atoms with Crippen LogP contribution in [0.25, 0.3) is 83.3 Å². The minimum absolute atomic E-state index is 0.162. The number of aromatic nitrogens is 2. The van der Waals surface area contributed by atoms with Crippen molar-refractivity contribution in [1.82, 2.24) is 9.61 Å². The highest BCUT2D eigenvalue weighted by Crippen LogP contribution is 2.55. The molecule has 0 bridgehead atoms. The van der Waals surface area contributed by atoms with Crippen LogP contribution in [-0.2, 0) is 5.41 Å². The zero-order chi connectivity index (χ0) is 43.5. The van der Waals surface area contributed by atoms with Gasteiger partial charge < -0.3 is 4.90 Å². The van der Waals surface area contributed by atoms with Gasteiger partial charge in [-0.05, 0) is 74.8 Å². The lowest BCUT2D eigenvalue weighted by Gasteiger charge is -2.30. The summed E-state index contributed by atoms with van der Waals surface area (Å²) in [6, 6.07) is 85.7. The third kappa shape index (κ3) is 6.39. The molecule has 0 saturated carbocycles. The summed E-state index contributed by atoms with van der Waals surface area (Å²) >= 11 is 0. The number of benzene rings is 9. The summed E-state index contributed by atoms with van der Waals surface area (Å²) < 4.78 is 2.19. The van der Waals surface area contributed by atoms with Gasteiger partial charge in [0.15, 0.2) is 0 Å². The summed E-state index contributed by atoms with van der Waals surface area (Å²) in [4.78, 5) is 2.50. The summed E-state index contributed by atoms with van der Waals surface area (Å²) in [5.74, 6) is 0. The number of pyridine rings is 1. The first kappa shape index (κ1) is 38.4. The second kappa shape index (κ2) is 15.5. The molecule has 2 heterocycles. The maximum Gasteiger partial charge on any atom is 0.101 e. The molecular formula is C62H45N3. The molecule has 0 atom stereocenters. The average Bonchev–Trinajstić information content (AvgIpc) is 3.89. The lowest BCUT2D eigenvalue weighted by Crippen LogP contribution is -2.16. The number of hydrogen-bond acceptors (Lipinski definition) is 2. The highest BCUT2D eigenvalue weighted by atomic mass is 15.2. The van der Waals surface area contributed by atoms with Crippen LogP contribution in [0.2, 0.25) is 0 Å². The largest absolute Gasteiger partial charge is 0.309 e. The Hall–Kier alpha value is -8.27. The zero-order valence-electron chi connectivity index (χ0n) is 36.4. The summed E-state index contributed by atoms with van der Waals surface area (Å²) in [7, 11) is 0. The quantitative estimate of drug-likeness (QED) is 0.152. The van der Waals surface area contributed by atoms with Gasteiger partial charge in [0.25, 0.3) is 0 Å². The van der Waals surface area contributed by atoms with Crippen molar-refractivity contribution in [3.05, 3.63) is 248 Å². The number of hydrogen-bond donors (Lipinski definition) is 0. The fourth-order valence-corrected chi connectivity index (χ4v) is 10.3. The van der Waals surface area contributed by atoms with E-state index >= 15 is 0 Å². The van der Waals surface area contributed by atoms with Crippen molar-refractivity contribution in [2.24, 2.45) is 0 Å². The van der Waals surface area contributed by atoms with Crippen LogP contribution in [0, 0.1) is 0 Å². The molecule has 0 fully saturated rings. The standard InChI is InChI=1S/C62H45N3/c1-62(2)53-29-16-15-27-51(53)59-54(62)30-18-32-56(59)64(49-39-37-45(38-40-49)44-35-33-43(34-36-44)42-19-7-3-8-20-42)55-31-17-28-50-52(55)41-57(46-21-9-4-10-22-46)65-61(50)58(47-23-11-5-12-24-47)60(63-65)48-25-13-6-14-26-48/h3-41H,1-2H3. The molecule has 308 valence electrons. The number of fused-ring (bicyclic) bond motifs is 6. The topological polar surface area (TPSA) is 20.5 Å². The number of anilines is 3. The number of nitrogens with zero attached hydrogens (tertiary/aromatic N) is 3. The molecule has 9 aromatic carbocycles. The van der Waals surface area contributed by atoms with Gasteiger partial charge >= 0.3 is 0 Å². The first-order valence-electron chi connectivity index (χ1n) is 22.5. The summed E-state index contributed by atoms with van der Waals surface area (Å²) in [6.45, 7) is 4.72. The van der Waals surface area contributed by atoms with Gasteiger partial charge in [0.1, 0.15) is 5.69 Å². The van der Waals surface area contributed by atoms with Gasteiger partial charge in [0.2, 0.25) is 0 Å². The van der Waals surface area contributed by atoms with Crippen molar-refractivity contribution in [3.63, 3.8) is 0 Å². The van der Waals surface area contributed by atoms with Crippen molar-refractivity contribution in [2.45, 2.75) is 19.3 Å². The molecule has 65 heavy (non-hydrogen) atoms. The van der Waals surface area contributed by atoms with Crippen LogP contribution in [0.3, 0.4) is 0 Å². The normalized spacial score (nSPS) is 12.6. The molecule has 2 aromatic heterocycles. The van der Waals surface area contributed by atoms with Crippen LogP contribution in [0.4, 0.5) is 17.1 Å². The molecule has 0 radical (unpaired) electrons. The van der Waals surface area contributed by atoms with Crippen LogP contribution < -0.4 is 4.90 Å². The summed E-state index contributed by atoms with van der Waals surface area (Å²) in [6.07, 6.45) is 0. The maximum absolute atomic E-state index is 5.53. The van der Waals surface area contributed by atoms with Gasteiger partial charge in [-0.15, -0.1) is 0 Å². The van der Waals surface area contributed by atoms with Gasteiger partial charge in [-0.1, -0.05) is 220 Å². The van der Waals surface area contributed by atoms with Gasteiger partial charge in [-0.3, -0.25) is 0 Å². The molecule has 12 rings (SSSR count). The molecule has 0 aliphatic heterocycles. The van der Waals surface area contributed by atoms with Crippen LogP contribution in [-0.4, -0.2) is 9.61 Å². The molecular weight excluding hydrogens is 787 g/mol. The lowest BCUT2D eigenvalue weighted by molar-refractivity contribution is 0.660.